The zero-order valence-corrected chi connectivity index (χ0v) is 14.7. The largest absolute Gasteiger partial charge is 0.497 e. The molecule has 0 bridgehead atoms. The van der Waals surface area contributed by atoms with Crippen LogP contribution in [0.15, 0.2) is 54.6 Å². The molecule has 0 spiro atoms. The monoisotopic (exact) mass is 357 g/mol. The van der Waals surface area contributed by atoms with Gasteiger partial charge in [0.15, 0.2) is 0 Å². The lowest BCUT2D eigenvalue weighted by Crippen LogP contribution is -2.42. The molecule has 0 aromatic heterocycles. The molecule has 0 saturated heterocycles. The number of benzene rings is 2. The number of amides is 3. The van der Waals surface area contributed by atoms with Gasteiger partial charge in [-0.25, -0.2) is 4.79 Å². The molecule has 0 fully saturated rings. The van der Waals surface area contributed by atoms with Crippen molar-refractivity contribution in [3.8, 4) is 11.5 Å². The lowest BCUT2D eigenvalue weighted by atomic mass is 10.2. The van der Waals surface area contributed by atoms with Crippen LogP contribution in [0.4, 0.5) is 4.79 Å². The van der Waals surface area contributed by atoms with Crippen LogP contribution in [0.2, 0.25) is 0 Å². The molecule has 0 saturated carbocycles. The number of ether oxygens (including phenoxy) is 2. The molecular formula is C19H23N3O4. The maximum atomic E-state index is 11.7. The van der Waals surface area contributed by atoms with E-state index in [1.807, 2.05) is 30.3 Å². The summed E-state index contributed by atoms with van der Waals surface area (Å²) in [6, 6.07) is 16.3. The van der Waals surface area contributed by atoms with Gasteiger partial charge in [0.1, 0.15) is 18.1 Å². The Labute approximate surface area is 152 Å². The summed E-state index contributed by atoms with van der Waals surface area (Å²) in [7, 11) is 1.60. The second-order valence-electron chi connectivity index (χ2n) is 5.40. The first-order chi connectivity index (χ1) is 12.7. The van der Waals surface area contributed by atoms with Gasteiger partial charge in [0, 0.05) is 6.54 Å². The number of carbonyl (C=O) groups excluding carboxylic acids is 2. The van der Waals surface area contributed by atoms with Crippen molar-refractivity contribution < 1.29 is 19.1 Å². The summed E-state index contributed by atoms with van der Waals surface area (Å²) in [5.41, 5.74) is 0.989. The van der Waals surface area contributed by atoms with Crippen molar-refractivity contribution in [1.29, 1.82) is 0 Å². The minimum atomic E-state index is -0.390. The van der Waals surface area contributed by atoms with Gasteiger partial charge in [-0.05, 0) is 29.8 Å². The highest BCUT2D eigenvalue weighted by Gasteiger charge is 2.05. The number of nitrogens with one attached hydrogen (secondary N) is 3. The van der Waals surface area contributed by atoms with Crippen molar-refractivity contribution in [2.45, 2.75) is 6.54 Å². The summed E-state index contributed by atoms with van der Waals surface area (Å²) in [6.45, 7) is 0.990. The second-order valence-corrected chi connectivity index (χ2v) is 5.40. The van der Waals surface area contributed by atoms with Crippen LogP contribution in [-0.4, -0.2) is 38.7 Å². The molecule has 2 rings (SSSR count). The predicted molar refractivity (Wildman–Crippen MR) is 98.2 cm³/mol. The Morgan fingerprint density at radius 3 is 2.27 bits per heavy atom. The second kappa shape index (κ2) is 10.6. The van der Waals surface area contributed by atoms with Crippen LogP contribution in [0, 0.1) is 0 Å². The maximum absolute atomic E-state index is 11.7. The van der Waals surface area contributed by atoms with Crippen LogP contribution < -0.4 is 25.4 Å². The van der Waals surface area contributed by atoms with E-state index in [-0.39, 0.29) is 12.5 Å². The molecule has 2 aromatic carbocycles. The van der Waals surface area contributed by atoms with Crippen molar-refractivity contribution in [2.24, 2.45) is 0 Å². The number of urea groups is 1. The third-order valence-electron chi connectivity index (χ3n) is 3.46. The first-order valence-corrected chi connectivity index (χ1v) is 8.26. The zero-order chi connectivity index (χ0) is 18.6. The number of hydrogen-bond acceptors (Lipinski definition) is 4. The Balaban J connectivity index is 1.54. The molecule has 2 aromatic rings. The first-order valence-electron chi connectivity index (χ1n) is 8.26. The fourth-order valence-corrected chi connectivity index (χ4v) is 2.10. The molecular weight excluding hydrogens is 334 g/mol. The SMILES string of the molecule is COc1ccc(OCCNC(=O)CNC(=O)NCc2ccccc2)cc1. The molecule has 0 atom stereocenters. The third kappa shape index (κ3) is 7.12. The van der Waals surface area contributed by atoms with Crippen LogP contribution in [-0.2, 0) is 11.3 Å². The van der Waals surface area contributed by atoms with E-state index >= 15 is 0 Å². The Hall–Kier alpha value is -3.22. The number of hydrogen-bond donors (Lipinski definition) is 3. The van der Waals surface area contributed by atoms with Gasteiger partial charge in [0.05, 0.1) is 20.2 Å². The van der Waals surface area contributed by atoms with E-state index in [4.69, 9.17) is 9.47 Å². The molecule has 0 heterocycles. The van der Waals surface area contributed by atoms with E-state index in [0.29, 0.717) is 25.4 Å². The van der Waals surface area contributed by atoms with Gasteiger partial charge in [-0.3, -0.25) is 4.79 Å². The standard InChI is InChI=1S/C19H23N3O4/c1-25-16-7-9-17(10-8-16)26-12-11-20-18(23)14-22-19(24)21-13-15-5-3-2-4-6-15/h2-10H,11-14H2,1H3,(H,20,23)(H2,21,22,24). The van der Waals surface area contributed by atoms with Gasteiger partial charge >= 0.3 is 6.03 Å². The molecule has 26 heavy (non-hydrogen) atoms. The minimum Gasteiger partial charge on any atom is -0.497 e. The van der Waals surface area contributed by atoms with E-state index < -0.39 is 6.03 Å². The molecule has 0 aliphatic rings. The van der Waals surface area contributed by atoms with Gasteiger partial charge in [0.25, 0.3) is 0 Å². The van der Waals surface area contributed by atoms with E-state index in [1.54, 1.807) is 31.4 Å². The van der Waals surface area contributed by atoms with Gasteiger partial charge in [-0.15, -0.1) is 0 Å². The van der Waals surface area contributed by atoms with Gasteiger partial charge in [-0.1, -0.05) is 30.3 Å². The lowest BCUT2D eigenvalue weighted by Gasteiger charge is -2.10. The normalized spacial score (nSPS) is 9.88. The number of rotatable bonds is 9. The third-order valence-corrected chi connectivity index (χ3v) is 3.46. The molecule has 0 unspecified atom stereocenters. The molecule has 0 radical (unpaired) electrons. The molecule has 138 valence electrons. The van der Waals surface area contributed by atoms with Crippen molar-refractivity contribution in [3.63, 3.8) is 0 Å². The summed E-state index contributed by atoms with van der Waals surface area (Å²) in [5.74, 6) is 1.17. The van der Waals surface area contributed by atoms with E-state index in [9.17, 15) is 9.59 Å². The Bertz CT molecular complexity index is 690. The van der Waals surface area contributed by atoms with Crippen molar-refractivity contribution >= 4 is 11.9 Å². The van der Waals surface area contributed by atoms with Crippen LogP contribution in [0.25, 0.3) is 0 Å². The fraction of sp³-hybridized carbons (Fsp3) is 0.263. The van der Waals surface area contributed by atoms with Crippen LogP contribution in [0.5, 0.6) is 11.5 Å². The predicted octanol–water partition coefficient (Wildman–Crippen LogP) is 1.69. The molecule has 7 heteroatoms. The van der Waals surface area contributed by atoms with Crippen LogP contribution >= 0.6 is 0 Å². The highest BCUT2D eigenvalue weighted by molar-refractivity contribution is 5.83. The molecule has 0 aliphatic heterocycles. The fourth-order valence-electron chi connectivity index (χ4n) is 2.10. The van der Waals surface area contributed by atoms with E-state index in [2.05, 4.69) is 16.0 Å². The van der Waals surface area contributed by atoms with Crippen molar-refractivity contribution in [3.05, 3.63) is 60.2 Å². The molecule has 7 nitrogen and oxygen atoms in total. The Kier molecular flexibility index (Phi) is 7.79. The topological polar surface area (TPSA) is 88.7 Å². The van der Waals surface area contributed by atoms with Crippen molar-refractivity contribution in [2.75, 3.05) is 26.8 Å². The highest BCUT2D eigenvalue weighted by Crippen LogP contribution is 2.16. The minimum absolute atomic E-state index is 0.0941. The average molecular weight is 357 g/mol. The summed E-state index contributed by atoms with van der Waals surface area (Å²) in [5, 5.41) is 7.87. The quantitative estimate of drug-likeness (QED) is 0.596. The van der Waals surface area contributed by atoms with Gasteiger partial charge in [-0.2, -0.15) is 0 Å². The number of carbonyl (C=O) groups is 2. The first kappa shape index (κ1) is 19.1. The smallest absolute Gasteiger partial charge is 0.315 e. The lowest BCUT2D eigenvalue weighted by molar-refractivity contribution is -0.120. The van der Waals surface area contributed by atoms with Crippen LogP contribution in [0.3, 0.4) is 0 Å². The summed E-state index contributed by atoms with van der Waals surface area (Å²) < 4.78 is 10.6. The summed E-state index contributed by atoms with van der Waals surface area (Å²) in [4.78, 5) is 23.3. The van der Waals surface area contributed by atoms with Crippen molar-refractivity contribution in [1.82, 2.24) is 16.0 Å². The van der Waals surface area contributed by atoms with Gasteiger partial charge < -0.3 is 25.4 Å². The van der Waals surface area contributed by atoms with Gasteiger partial charge in [0.2, 0.25) is 5.91 Å². The average Bonchev–Trinajstić information content (AvgIpc) is 2.69. The molecule has 3 amide bonds. The zero-order valence-electron chi connectivity index (χ0n) is 14.7. The highest BCUT2D eigenvalue weighted by atomic mass is 16.5. The summed E-state index contributed by atoms with van der Waals surface area (Å²) in [6.07, 6.45) is 0. The summed E-state index contributed by atoms with van der Waals surface area (Å²) >= 11 is 0. The van der Waals surface area contributed by atoms with E-state index in [1.165, 1.54) is 0 Å². The molecule has 3 N–H and O–H groups in total. The van der Waals surface area contributed by atoms with Crippen LogP contribution in [0.1, 0.15) is 5.56 Å². The Morgan fingerprint density at radius 2 is 1.58 bits per heavy atom. The maximum Gasteiger partial charge on any atom is 0.315 e. The number of methoxy groups -OCH3 is 1. The molecule has 0 aliphatic carbocycles. The Morgan fingerprint density at radius 1 is 0.885 bits per heavy atom. The van der Waals surface area contributed by atoms with E-state index in [0.717, 1.165) is 11.3 Å².